The summed E-state index contributed by atoms with van der Waals surface area (Å²) in [7, 11) is 0. The van der Waals surface area contributed by atoms with E-state index in [1.54, 1.807) is 0 Å². The van der Waals surface area contributed by atoms with Crippen LogP contribution in [0, 0.1) is 0 Å². The van der Waals surface area contributed by atoms with Gasteiger partial charge in [-0.05, 0) is 44.9 Å². The number of aliphatic hydroxyl groups excluding tert-OH is 1. The Morgan fingerprint density at radius 1 is 0.299 bits per heavy atom. The molecule has 0 fully saturated rings. The van der Waals surface area contributed by atoms with E-state index in [0.717, 1.165) is 38.5 Å². The molecule has 5 nitrogen and oxygen atoms in total. The van der Waals surface area contributed by atoms with Crippen LogP contribution in [0.5, 0.6) is 0 Å². The van der Waals surface area contributed by atoms with Gasteiger partial charge in [0.1, 0.15) is 6.61 Å². The summed E-state index contributed by atoms with van der Waals surface area (Å²) >= 11 is 0. The van der Waals surface area contributed by atoms with Crippen LogP contribution in [-0.2, 0) is 19.1 Å². The molecular formula is C72H138O5. The third-order valence-electron chi connectivity index (χ3n) is 16.5. The number of aliphatic hydroxyl groups is 1. The van der Waals surface area contributed by atoms with E-state index < -0.39 is 6.10 Å². The van der Waals surface area contributed by atoms with Gasteiger partial charge >= 0.3 is 11.9 Å². The lowest BCUT2D eigenvalue weighted by Gasteiger charge is -2.15. The second kappa shape index (κ2) is 68.7. The molecule has 1 N–H and O–H groups in total. The topological polar surface area (TPSA) is 72.8 Å². The second-order valence-electron chi connectivity index (χ2n) is 24.3. The first kappa shape index (κ1) is 75.4. The Labute approximate surface area is 483 Å². The molecule has 0 amide bonds. The molecule has 0 saturated heterocycles. The van der Waals surface area contributed by atoms with Crippen molar-refractivity contribution in [1.82, 2.24) is 0 Å². The summed E-state index contributed by atoms with van der Waals surface area (Å²) in [6, 6.07) is 0. The lowest BCUT2D eigenvalue weighted by atomic mass is 10.0. The summed E-state index contributed by atoms with van der Waals surface area (Å²) in [6.07, 6.45) is 89.4. The van der Waals surface area contributed by atoms with E-state index in [-0.39, 0.29) is 25.2 Å². The molecule has 0 spiro atoms. The molecule has 0 bridgehead atoms. The number of hydrogen-bond donors (Lipinski definition) is 1. The normalized spacial score (nSPS) is 12.2. The van der Waals surface area contributed by atoms with Gasteiger partial charge < -0.3 is 14.6 Å². The number of carbonyl (C=O) groups excluding carboxylic acids is 2. The average Bonchev–Trinajstić information content (AvgIpc) is 3.43. The highest BCUT2D eigenvalue weighted by Gasteiger charge is 2.16. The monoisotopic (exact) mass is 1080 g/mol. The highest BCUT2D eigenvalue weighted by atomic mass is 16.6. The summed E-state index contributed by atoms with van der Waals surface area (Å²) in [4.78, 5) is 24.7. The van der Waals surface area contributed by atoms with Crippen LogP contribution < -0.4 is 0 Å². The van der Waals surface area contributed by atoms with Crippen LogP contribution in [0.25, 0.3) is 0 Å². The van der Waals surface area contributed by atoms with Gasteiger partial charge in [0.15, 0.2) is 6.10 Å². The average molecular weight is 1080 g/mol. The number of esters is 2. The maximum absolute atomic E-state index is 12.4. The predicted octanol–water partition coefficient (Wildman–Crippen LogP) is 24.4. The van der Waals surface area contributed by atoms with Crippen LogP contribution in [0.15, 0.2) is 24.3 Å². The fourth-order valence-corrected chi connectivity index (χ4v) is 11.2. The Balaban J connectivity index is 3.37. The van der Waals surface area contributed by atoms with Crippen LogP contribution in [0.1, 0.15) is 406 Å². The van der Waals surface area contributed by atoms with Crippen molar-refractivity contribution in [2.45, 2.75) is 412 Å². The second-order valence-corrected chi connectivity index (χ2v) is 24.3. The lowest BCUT2D eigenvalue weighted by Crippen LogP contribution is -2.28. The molecular weight excluding hydrogens is 945 g/mol. The smallest absolute Gasteiger partial charge is 0.306 e. The van der Waals surface area contributed by atoms with Crippen molar-refractivity contribution in [1.29, 1.82) is 0 Å². The van der Waals surface area contributed by atoms with Crippen molar-refractivity contribution in [3.8, 4) is 0 Å². The molecule has 456 valence electrons. The number of carbonyl (C=O) groups is 2. The molecule has 0 rings (SSSR count). The third-order valence-corrected chi connectivity index (χ3v) is 16.5. The third kappa shape index (κ3) is 66.8. The molecule has 0 aliphatic carbocycles. The van der Waals surface area contributed by atoms with Crippen LogP contribution in [0.4, 0.5) is 0 Å². The minimum atomic E-state index is -0.768. The van der Waals surface area contributed by atoms with Gasteiger partial charge in [0.2, 0.25) is 0 Å². The van der Waals surface area contributed by atoms with Crippen LogP contribution in [0.3, 0.4) is 0 Å². The first-order valence-electron chi connectivity index (χ1n) is 35.4. The number of allylic oxidation sites excluding steroid dienone is 4. The Bertz CT molecular complexity index is 1180. The largest absolute Gasteiger partial charge is 0.462 e. The fourth-order valence-electron chi connectivity index (χ4n) is 11.2. The summed E-state index contributed by atoms with van der Waals surface area (Å²) in [6.45, 7) is 4.20. The number of rotatable bonds is 67. The maximum Gasteiger partial charge on any atom is 0.306 e. The van der Waals surface area contributed by atoms with E-state index in [0.29, 0.717) is 12.8 Å². The molecule has 0 radical (unpaired) electrons. The van der Waals surface area contributed by atoms with Gasteiger partial charge in [-0.1, -0.05) is 372 Å². The molecule has 5 heteroatoms. The quantitative estimate of drug-likeness (QED) is 0.0373. The Morgan fingerprint density at radius 2 is 0.519 bits per heavy atom. The SMILES string of the molecule is CCCCCCC/C=C\C/C=C\CCCCCCCCCCCCCCCCCCCCCC(=O)OC(CO)COC(=O)CCCCCCCCCCCCCCCCCCCCCCCCCCCCCCCCCC. The van der Waals surface area contributed by atoms with E-state index in [4.69, 9.17) is 9.47 Å². The molecule has 0 aromatic rings. The number of hydrogen-bond acceptors (Lipinski definition) is 5. The van der Waals surface area contributed by atoms with E-state index in [1.807, 2.05) is 0 Å². The van der Waals surface area contributed by atoms with Gasteiger partial charge in [-0.25, -0.2) is 0 Å². The van der Waals surface area contributed by atoms with E-state index in [1.165, 1.54) is 340 Å². The van der Waals surface area contributed by atoms with Crippen molar-refractivity contribution in [2.75, 3.05) is 13.2 Å². The minimum Gasteiger partial charge on any atom is -0.462 e. The molecule has 0 aromatic heterocycles. The van der Waals surface area contributed by atoms with Gasteiger partial charge in [-0.3, -0.25) is 9.59 Å². The molecule has 1 unspecified atom stereocenters. The molecule has 1 atom stereocenters. The zero-order valence-electron chi connectivity index (χ0n) is 52.5. The number of unbranched alkanes of at least 4 members (excludes halogenated alkanes) is 55. The van der Waals surface area contributed by atoms with E-state index >= 15 is 0 Å². The van der Waals surface area contributed by atoms with Crippen molar-refractivity contribution in [3.05, 3.63) is 24.3 Å². The molecule has 0 saturated carbocycles. The molecule has 0 aromatic carbocycles. The summed E-state index contributed by atoms with van der Waals surface area (Å²) in [5.41, 5.74) is 0. The van der Waals surface area contributed by atoms with Crippen molar-refractivity contribution in [3.63, 3.8) is 0 Å². The summed E-state index contributed by atoms with van der Waals surface area (Å²) in [5, 5.41) is 9.70. The van der Waals surface area contributed by atoms with Gasteiger partial charge in [0.25, 0.3) is 0 Å². The summed E-state index contributed by atoms with van der Waals surface area (Å²) in [5.74, 6) is -0.563. The fraction of sp³-hybridized carbons (Fsp3) is 0.917. The first-order chi connectivity index (χ1) is 38.1. The van der Waals surface area contributed by atoms with Crippen molar-refractivity contribution >= 4 is 11.9 Å². The number of ether oxygens (including phenoxy) is 2. The van der Waals surface area contributed by atoms with E-state index in [2.05, 4.69) is 38.2 Å². The van der Waals surface area contributed by atoms with Gasteiger partial charge in [0, 0.05) is 12.8 Å². The standard InChI is InChI=1S/C72H138O5/c1-3-5-7-9-11-13-15-17-19-21-23-25-27-29-31-33-35-37-38-40-42-44-46-48-50-52-54-56-58-60-62-64-66-71(74)76-69-70(68-73)77-72(75)67-65-63-61-59-57-55-53-51-49-47-45-43-41-39-36-34-32-30-28-26-24-22-20-18-16-14-12-10-8-6-4-2/h16,18,22,24,70,73H,3-15,17,19-21,23,25-69H2,1-2H3/b18-16-,24-22-. The zero-order chi connectivity index (χ0) is 55.5. The van der Waals surface area contributed by atoms with Crippen LogP contribution in [0.2, 0.25) is 0 Å². The lowest BCUT2D eigenvalue weighted by molar-refractivity contribution is -0.161. The first-order valence-corrected chi connectivity index (χ1v) is 35.4. The van der Waals surface area contributed by atoms with Gasteiger partial charge in [0.05, 0.1) is 6.61 Å². The zero-order valence-corrected chi connectivity index (χ0v) is 52.5. The highest BCUT2D eigenvalue weighted by Crippen LogP contribution is 2.19. The summed E-state index contributed by atoms with van der Waals surface area (Å²) < 4.78 is 10.8. The van der Waals surface area contributed by atoms with Gasteiger partial charge in [-0.2, -0.15) is 0 Å². The van der Waals surface area contributed by atoms with Crippen molar-refractivity contribution in [2.24, 2.45) is 0 Å². The maximum atomic E-state index is 12.4. The molecule has 0 aliphatic heterocycles. The van der Waals surface area contributed by atoms with E-state index in [9.17, 15) is 14.7 Å². The molecule has 77 heavy (non-hydrogen) atoms. The Morgan fingerprint density at radius 3 is 0.766 bits per heavy atom. The van der Waals surface area contributed by atoms with Crippen LogP contribution in [-0.4, -0.2) is 36.4 Å². The molecule has 0 heterocycles. The Hall–Kier alpha value is -1.62. The Kier molecular flexibility index (Phi) is 67.2. The minimum absolute atomic E-state index is 0.0578. The van der Waals surface area contributed by atoms with Crippen molar-refractivity contribution < 1.29 is 24.2 Å². The molecule has 0 aliphatic rings. The van der Waals surface area contributed by atoms with Crippen LogP contribution >= 0.6 is 0 Å². The van der Waals surface area contributed by atoms with Gasteiger partial charge in [-0.15, -0.1) is 0 Å². The highest BCUT2D eigenvalue weighted by molar-refractivity contribution is 5.70. The predicted molar refractivity (Wildman–Crippen MR) is 339 cm³/mol.